The molecule has 1 fully saturated rings. The predicted octanol–water partition coefficient (Wildman–Crippen LogP) is 5.63. The molecule has 1 aliphatic rings. The van der Waals surface area contributed by atoms with E-state index in [9.17, 15) is 4.79 Å². The lowest BCUT2D eigenvalue weighted by atomic mass is 9.84. The highest BCUT2D eigenvalue weighted by molar-refractivity contribution is 5.84. The maximum absolute atomic E-state index is 13.4. The number of aromatic nitrogens is 3. The molecular formula is C28H35N7O. The van der Waals surface area contributed by atoms with E-state index in [1.807, 2.05) is 54.9 Å². The number of hydrogen-bond donors (Lipinski definition) is 3. The quantitative estimate of drug-likeness (QED) is 0.324. The molecule has 1 unspecified atom stereocenters. The van der Waals surface area contributed by atoms with Gasteiger partial charge in [-0.15, -0.1) is 0 Å². The van der Waals surface area contributed by atoms with Crippen LogP contribution in [0.15, 0.2) is 48.7 Å². The first-order valence-corrected chi connectivity index (χ1v) is 12.8. The van der Waals surface area contributed by atoms with Crippen molar-refractivity contribution in [2.45, 2.75) is 65.0 Å². The normalized spacial score (nSPS) is 14.6. The second kappa shape index (κ2) is 12.2. The Morgan fingerprint density at radius 3 is 2.61 bits per heavy atom. The zero-order chi connectivity index (χ0) is 25.3. The Kier molecular flexibility index (Phi) is 8.56. The monoisotopic (exact) mass is 485 g/mol. The van der Waals surface area contributed by atoms with Crippen molar-refractivity contribution in [2.24, 2.45) is 5.92 Å². The summed E-state index contributed by atoms with van der Waals surface area (Å²) in [6.45, 7) is 12.3. The van der Waals surface area contributed by atoms with Crippen LogP contribution in [0.5, 0.6) is 0 Å². The van der Waals surface area contributed by atoms with Crippen molar-refractivity contribution < 1.29 is 4.79 Å². The SMILES string of the molecule is [C-]#[N+]c1ccc(CNC(=O)C(CC2CCCCC2)Nc2cc(-n3cccc3C)nc(NCC)n2)cc1. The third-order valence-electron chi connectivity index (χ3n) is 6.71. The molecule has 3 aromatic rings. The van der Waals surface area contributed by atoms with Gasteiger partial charge in [0.2, 0.25) is 11.9 Å². The predicted molar refractivity (Wildman–Crippen MR) is 143 cm³/mol. The van der Waals surface area contributed by atoms with Gasteiger partial charge in [-0.25, -0.2) is 4.85 Å². The van der Waals surface area contributed by atoms with Gasteiger partial charge in [0.25, 0.3) is 0 Å². The number of anilines is 2. The lowest BCUT2D eigenvalue weighted by molar-refractivity contribution is -0.122. The van der Waals surface area contributed by atoms with E-state index in [0.717, 1.165) is 36.3 Å². The molecule has 0 saturated heterocycles. The minimum absolute atomic E-state index is 0.0443. The van der Waals surface area contributed by atoms with Gasteiger partial charge in [0, 0.05) is 31.0 Å². The highest BCUT2D eigenvalue weighted by atomic mass is 16.2. The molecule has 0 radical (unpaired) electrons. The molecule has 1 amide bonds. The van der Waals surface area contributed by atoms with Crippen molar-refractivity contribution in [2.75, 3.05) is 17.2 Å². The standard InChI is InChI=1S/C28H35N7O/c1-4-30-28-33-25(18-26(34-28)35-16-8-9-20(35)2)32-24(17-21-10-6-5-7-11-21)27(36)31-19-22-12-14-23(29-3)15-13-22/h8-9,12-16,18,21,24H,4-7,10-11,17,19H2,1-2H3,(H,31,36)(H2,30,32,33,34). The van der Waals surface area contributed by atoms with Gasteiger partial charge in [0.05, 0.1) is 6.57 Å². The van der Waals surface area contributed by atoms with E-state index < -0.39 is 6.04 Å². The number of benzene rings is 1. The highest BCUT2D eigenvalue weighted by Crippen LogP contribution is 2.28. The molecule has 2 aromatic heterocycles. The maximum Gasteiger partial charge on any atom is 0.242 e. The number of aryl methyl sites for hydroxylation is 1. The summed E-state index contributed by atoms with van der Waals surface area (Å²) in [6, 6.07) is 12.8. The first kappa shape index (κ1) is 25.2. The Morgan fingerprint density at radius 1 is 1.17 bits per heavy atom. The first-order valence-electron chi connectivity index (χ1n) is 12.8. The summed E-state index contributed by atoms with van der Waals surface area (Å²) < 4.78 is 2.01. The summed E-state index contributed by atoms with van der Waals surface area (Å²) in [7, 11) is 0. The number of amides is 1. The van der Waals surface area contributed by atoms with Crippen LogP contribution in [0.3, 0.4) is 0 Å². The van der Waals surface area contributed by atoms with Crippen molar-refractivity contribution in [1.82, 2.24) is 19.9 Å². The van der Waals surface area contributed by atoms with Crippen molar-refractivity contribution in [3.05, 3.63) is 71.3 Å². The first-order chi connectivity index (χ1) is 17.6. The average molecular weight is 486 g/mol. The summed E-state index contributed by atoms with van der Waals surface area (Å²) in [6.07, 6.45) is 8.78. The summed E-state index contributed by atoms with van der Waals surface area (Å²) in [5.41, 5.74) is 2.63. The topological polar surface area (TPSA) is 88.2 Å². The number of carbonyl (C=O) groups excluding carboxylic acids is 1. The number of carbonyl (C=O) groups is 1. The van der Waals surface area contributed by atoms with Crippen LogP contribution in [0.1, 0.15) is 56.7 Å². The van der Waals surface area contributed by atoms with Gasteiger partial charge < -0.3 is 20.5 Å². The van der Waals surface area contributed by atoms with E-state index in [4.69, 9.17) is 6.57 Å². The lowest BCUT2D eigenvalue weighted by Crippen LogP contribution is -2.41. The zero-order valence-corrected chi connectivity index (χ0v) is 21.1. The van der Waals surface area contributed by atoms with Crippen LogP contribution in [-0.2, 0) is 11.3 Å². The summed E-state index contributed by atoms with van der Waals surface area (Å²) in [4.78, 5) is 26.2. The molecule has 2 heterocycles. The third kappa shape index (κ3) is 6.63. The van der Waals surface area contributed by atoms with Crippen LogP contribution in [0.4, 0.5) is 17.5 Å². The van der Waals surface area contributed by atoms with Gasteiger partial charge in [-0.2, -0.15) is 9.97 Å². The Morgan fingerprint density at radius 2 is 1.94 bits per heavy atom. The van der Waals surface area contributed by atoms with Crippen molar-refractivity contribution >= 4 is 23.4 Å². The molecule has 0 aliphatic heterocycles. The third-order valence-corrected chi connectivity index (χ3v) is 6.71. The van der Waals surface area contributed by atoms with Crippen LogP contribution in [0, 0.1) is 19.4 Å². The maximum atomic E-state index is 13.4. The van der Waals surface area contributed by atoms with Crippen molar-refractivity contribution in [3.63, 3.8) is 0 Å². The van der Waals surface area contributed by atoms with Crippen LogP contribution < -0.4 is 16.0 Å². The fourth-order valence-corrected chi connectivity index (χ4v) is 4.76. The van der Waals surface area contributed by atoms with Gasteiger partial charge >= 0.3 is 0 Å². The summed E-state index contributed by atoms with van der Waals surface area (Å²) in [5.74, 6) is 2.38. The molecule has 0 spiro atoms. The van der Waals surface area contributed by atoms with E-state index in [-0.39, 0.29) is 5.91 Å². The molecule has 1 aliphatic carbocycles. The average Bonchev–Trinajstić information content (AvgIpc) is 3.33. The van der Waals surface area contributed by atoms with Gasteiger partial charge in [0.1, 0.15) is 17.7 Å². The molecule has 0 bridgehead atoms. The molecule has 8 nitrogen and oxygen atoms in total. The fraction of sp³-hybridized carbons (Fsp3) is 0.429. The molecule has 1 saturated carbocycles. The van der Waals surface area contributed by atoms with E-state index in [0.29, 0.717) is 36.5 Å². The lowest BCUT2D eigenvalue weighted by Gasteiger charge is -2.27. The van der Waals surface area contributed by atoms with E-state index in [1.54, 1.807) is 12.1 Å². The highest BCUT2D eigenvalue weighted by Gasteiger charge is 2.25. The largest absolute Gasteiger partial charge is 0.358 e. The van der Waals surface area contributed by atoms with Gasteiger partial charge in [-0.3, -0.25) is 4.79 Å². The van der Waals surface area contributed by atoms with Gasteiger partial charge in [-0.1, -0.05) is 56.4 Å². The summed E-state index contributed by atoms with van der Waals surface area (Å²) in [5, 5.41) is 9.75. The van der Waals surface area contributed by atoms with Gasteiger partial charge in [-0.05, 0) is 43.9 Å². The number of hydrogen-bond acceptors (Lipinski definition) is 5. The minimum Gasteiger partial charge on any atom is -0.358 e. The molecule has 188 valence electrons. The summed E-state index contributed by atoms with van der Waals surface area (Å²) >= 11 is 0. The van der Waals surface area contributed by atoms with Gasteiger partial charge in [0.15, 0.2) is 5.69 Å². The van der Waals surface area contributed by atoms with Crippen molar-refractivity contribution in [1.29, 1.82) is 0 Å². The van der Waals surface area contributed by atoms with E-state index in [2.05, 4.69) is 30.8 Å². The van der Waals surface area contributed by atoms with Crippen LogP contribution in [-0.4, -0.2) is 33.0 Å². The molecule has 3 N–H and O–H groups in total. The Hall–Kier alpha value is -3.86. The van der Waals surface area contributed by atoms with E-state index in [1.165, 1.54) is 19.3 Å². The van der Waals surface area contributed by atoms with E-state index >= 15 is 0 Å². The molecule has 36 heavy (non-hydrogen) atoms. The van der Waals surface area contributed by atoms with Crippen LogP contribution in [0.25, 0.3) is 10.7 Å². The van der Waals surface area contributed by atoms with Crippen molar-refractivity contribution in [3.8, 4) is 5.82 Å². The Bertz CT molecular complexity index is 1190. The molecule has 1 atom stereocenters. The number of rotatable bonds is 10. The Balaban J connectivity index is 1.54. The zero-order valence-electron chi connectivity index (χ0n) is 21.1. The second-order valence-corrected chi connectivity index (χ2v) is 9.42. The van der Waals surface area contributed by atoms with Crippen LogP contribution >= 0.6 is 0 Å². The Labute approximate surface area is 213 Å². The minimum atomic E-state index is -0.404. The molecule has 8 heteroatoms. The number of nitrogens with one attached hydrogen (secondary N) is 3. The molecule has 4 rings (SSSR count). The fourth-order valence-electron chi connectivity index (χ4n) is 4.76. The molecule has 1 aromatic carbocycles. The van der Waals surface area contributed by atoms with Crippen LogP contribution in [0.2, 0.25) is 0 Å². The second-order valence-electron chi connectivity index (χ2n) is 9.42. The number of nitrogens with zero attached hydrogens (tertiary/aromatic N) is 4. The molecular weight excluding hydrogens is 450 g/mol. The smallest absolute Gasteiger partial charge is 0.242 e.